The van der Waals surface area contributed by atoms with Crippen LogP contribution in [-0.2, 0) is 12.0 Å². The zero-order valence-electron chi connectivity index (χ0n) is 13.5. The molecule has 0 radical (unpaired) electrons. The molecule has 3 nitrogen and oxygen atoms in total. The Hall–Kier alpha value is -1.09. The Balaban J connectivity index is 3.09. The fourth-order valence-corrected chi connectivity index (χ4v) is 1.79. The molecular formula is C16H29N3. The second-order valence-electron chi connectivity index (χ2n) is 7.15. The topological polar surface area (TPSA) is 37.0 Å². The lowest BCUT2D eigenvalue weighted by atomic mass is 9.90. The number of hydrogen-bond acceptors (Lipinski definition) is 3. The summed E-state index contributed by atoms with van der Waals surface area (Å²) in [6, 6.07) is 4.35. The quantitative estimate of drug-likeness (QED) is 0.869. The summed E-state index contributed by atoms with van der Waals surface area (Å²) in [6.07, 6.45) is 0. The molecule has 0 aromatic carbocycles. The minimum Gasteiger partial charge on any atom is -0.365 e. The first-order valence-corrected chi connectivity index (χ1v) is 7.12. The molecule has 0 saturated carbocycles. The number of hydrogen-bond donors (Lipinski definition) is 2. The normalized spacial score (nSPS) is 12.6. The molecule has 0 saturated heterocycles. The van der Waals surface area contributed by atoms with Crippen molar-refractivity contribution in [2.45, 2.75) is 66.0 Å². The Morgan fingerprint density at radius 3 is 2.16 bits per heavy atom. The van der Waals surface area contributed by atoms with E-state index in [-0.39, 0.29) is 11.0 Å². The van der Waals surface area contributed by atoms with E-state index in [4.69, 9.17) is 4.98 Å². The second kappa shape index (κ2) is 5.91. The van der Waals surface area contributed by atoms with E-state index < -0.39 is 0 Å². The molecule has 19 heavy (non-hydrogen) atoms. The van der Waals surface area contributed by atoms with E-state index in [0.29, 0.717) is 0 Å². The maximum absolute atomic E-state index is 4.76. The molecule has 0 atom stereocenters. The van der Waals surface area contributed by atoms with Crippen LogP contribution in [-0.4, -0.2) is 17.1 Å². The first-order valence-electron chi connectivity index (χ1n) is 7.12. The van der Waals surface area contributed by atoms with Gasteiger partial charge in [0.05, 0.1) is 0 Å². The molecule has 0 aliphatic rings. The van der Waals surface area contributed by atoms with Crippen LogP contribution in [0.5, 0.6) is 0 Å². The van der Waals surface area contributed by atoms with Crippen LogP contribution in [0.3, 0.4) is 0 Å². The Kier molecular flexibility index (Phi) is 4.97. The molecule has 1 rings (SSSR count). The van der Waals surface area contributed by atoms with Crippen molar-refractivity contribution in [1.29, 1.82) is 0 Å². The summed E-state index contributed by atoms with van der Waals surface area (Å²) in [5.74, 6) is 0.966. The van der Waals surface area contributed by atoms with Gasteiger partial charge in [0.2, 0.25) is 0 Å². The van der Waals surface area contributed by atoms with Crippen LogP contribution in [0, 0.1) is 0 Å². The number of rotatable bonds is 4. The Labute approximate surface area is 118 Å². The molecule has 3 heteroatoms. The van der Waals surface area contributed by atoms with Crippen molar-refractivity contribution in [3.8, 4) is 0 Å². The molecular weight excluding hydrogens is 234 g/mol. The van der Waals surface area contributed by atoms with E-state index >= 15 is 0 Å². The highest BCUT2D eigenvalue weighted by Gasteiger charge is 2.18. The summed E-state index contributed by atoms with van der Waals surface area (Å²) in [6.45, 7) is 17.1. The third-order valence-corrected chi connectivity index (χ3v) is 2.74. The maximum Gasteiger partial charge on any atom is 0.126 e. The largest absolute Gasteiger partial charge is 0.365 e. The molecule has 1 aromatic rings. The van der Waals surface area contributed by atoms with Crippen molar-refractivity contribution < 1.29 is 0 Å². The average molecular weight is 263 g/mol. The lowest BCUT2D eigenvalue weighted by Crippen LogP contribution is -2.28. The first kappa shape index (κ1) is 16.0. The monoisotopic (exact) mass is 263 g/mol. The second-order valence-corrected chi connectivity index (χ2v) is 7.15. The fraction of sp³-hybridized carbons (Fsp3) is 0.688. The first-order chi connectivity index (χ1) is 8.62. The van der Waals surface area contributed by atoms with Gasteiger partial charge in [0, 0.05) is 23.2 Å². The van der Waals surface area contributed by atoms with Crippen LogP contribution in [0.2, 0.25) is 0 Å². The van der Waals surface area contributed by atoms with Gasteiger partial charge in [-0.15, -0.1) is 0 Å². The number of nitrogens with zero attached hydrogens (tertiary/aromatic N) is 1. The molecule has 0 unspecified atom stereocenters. The Morgan fingerprint density at radius 1 is 1.05 bits per heavy atom. The zero-order chi connectivity index (χ0) is 14.7. The Morgan fingerprint density at radius 2 is 1.68 bits per heavy atom. The van der Waals surface area contributed by atoms with Crippen LogP contribution in [0.1, 0.15) is 59.7 Å². The van der Waals surface area contributed by atoms with E-state index in [9.17, 15) is 0 Å². The predicted molar refractivity (Wildman–Crippen MR) is 83.7 cm³/mol. The minimum absolute atomic E-state index is 0.0267. The van der Waals surface area contributed by atoms with Crippen molar-refractivity contribution >= 4 is 5.82 Å². The summed E-state index contributed by atoms with van der Waals surface area (Å²) >= 11 is 0. The van der Waals surface area contributed by atoms with E-state index in [0.717, 1.165) is 24.6 Å². The molecule has 2 N–H and O–H groups in total. The SMILES string of the molecule is CCNCc1cc(NC(C)(C)C)nc(C(C)(C)C)c1. The van der Waals surface area contributed by atoms with Gasteiger partial charge in [-0.3, -0.25) is 0 Å². The van der Waals surface area contributed by atoms with Crippen molar-refractivity contribution in [2.24, 2.45) is 0 Å². The highest BCUT2D eigenvalue weighted by Crippen LogP contribution is 2.24. The molecule has 0 spiro atoms. The minimum atomic E-state index is 0.0267. The van der Waals surface area contributed by atoms with E-state index in [1.54, 1.807) is 0 Å². The van der Waals surface area contributed by atoms with Crippen molar-refractivity contribution in [3.63, 3.8) is 0 Å². The van der Waals surface area contributed by atoms with Crippen LogP contribution < -0.4 is 10.6 Å². The average Bonchev–Trinajstić information content (AvgIpc) is 2.22. The van der Waals surface area contributed by atoms with E-state index in [2.05, 4.69) is 71.2 Å². The van der Waals surface area contributed by atoms with Crippen LogP contribution in [0.4, 0.5) is 5.82 Å². The van der Waals surface area contributed by atoms with Gasteiger partial charge >= 0.3 is 0 Å². The van der Waals surface area contributed by atoms with Gasteiger partial charge < -0.3 is 10.6 Å². The number of pyridine rings is 1. The van der Waals surface area contributed by atoms with E-state index in [1.165, 1.54) is 5.56 Å². The smallest absolute Gasteiger partial charge is 0.126 e. The van der Waals surface area contributed by atoms with Crippen LogP contribution in [0.15, 0.2) is 12.1 Å². The lowest BCUT2D eigenvalue weighted by molar-refractivity contribution is 0.563. The summed E-state index contributed by atoms with van der Waals surface area (Å²) in [5, 5.41) is 6.85. The standard InChI is InChI=1S/C16H29N3/c1-8-17-11-12-9-13(15(2,3)4)18-14(10-12)19-16(5,6)7/h9-10,17H,8,11H2,1-7H3,(H,18,19). The van der Waals surface area contributed by atoms with E-state index in [1.807, 2.05) is 0 Å². The summed E-state index contributed by atoms with van der Waals surface area (Å²) < 4.78 is 0. The molecule has 1 heterocycles. The van der Waals surface area contributed by atoms with Crippen molar-refractivity contribution in [2.75, 3.05) is 11.9 Å². The van der Waals surface area contributed by atoms with Gasteiger partial charge in [0.15, 0.2) is 0 Å². The van der Waals surface area contributed by atoms with Crippen LogP contribution in [0.25, 0.3) is 0 Å². The van der Waals surface area contributed by atoms with Gasteiger partial charge in [-0.1, -0.05) is 27.7 Å². The molecule has 0 amide bonds. The number of nitrogens with one attached hydrogen (secondary N) is 2. The number of aromatic nitrogens is 1. The van der Waals surface area contributed by atoms with Gasteiger partial charge in [0.25, 0.3) is 0 Å². The molecule has 0 aliphatic carbocycles. The van der Waals surface area contributed by atoms with Gasteiger partial charge in [-0.2, -0.15) is 0 Å². The third-order valence-electron chi connectivity index (χ3n) is 2.74. The summed E-state index contributed by atoms with van der Waals surface area (Å²) in [4.78, 5) is 4.76. The third kappa shape index (κ3) is 5.60. The van der Waals surface area contributed by atoms with Gasteiger partial charge in [-0.05, 0) is 45.0 Å². The Bertz CT molecular complexity index is 411. The van der Waals surface area contributed by atoms with Crippen molar-refractivity contribution in [1.82, 2.24) is 10.3 Å². The zero-order valence-corrected chi connectivity index (χ0v) is 13.5. The maximum atomic E-state index is 4.76. The molecule has 0 aliphatic heterocycles. The molecule has 108 valence electrons. The van der Waals surface area contributed by atoms with Gasteiger partial charge in [-0.25, -0.2) is 4.98 Å². The van der Waals surface area contributed by atoms with Crippen molar-refractivity contribution in [3.05, 3.63) is 23.4 Å². The van der Waals surface area contributed by atoms with Gasteiger partial charge in [0.1, 0.15) is 5.82 Å². The highest BCUT2D eigenvalue weighted by atomic mass is 15.0. The lowest BCUT2D eigenvalue weighted by Gasteiger charge is -2.25. The van der Waals surface area contributed by atoms with Crippen LogP contribution >= 0.6 is 0 Å². The summed E-state index contributed by atoms with van der Waals surface area (Å²) in [7, 11) is 0. The predicted octanol–water partition coefficient (Wildman–Crippen LogP) is 3.70. The summed E-state index contributed by atoms with van der Waals surface area (Å²) in [5.41, 5.74) is 2.51. The molecule has 1 aromatic heterocycles. The highest BCUT2D eigenvalue weighted by molar-refractivity contribution is 5.42. The fourth-order valence-electron chi connectivity index (χ4n) is 1.79. The molecule has 0 fully saturated rings. The molecule has 0 bridgehead atoms. The number of anilines is 1.